The van der Waals surface area contributed by atoms with Crippen LogP contribution in [-0.2, 0) is 76.4 Å². The van der Waals surface area contributed by atoms with E-state index in [9.17, 15) is 19.2 Å². The van der Waals surface area contributed by atoms with Gasteiger partial charge in [-0.05, 0) is 51.4 Å². The van der Waals surface area contributed by atoms with E-state index in [1.807, 2.05) is 19.6 Å². The summed E-state index contributed by atoms with van der Waals surface area (Å²) in [5, 5.41) is 0. The van der Waals surface area contributed by atoms with Crippen LogP contribution in [-0.4, -0.2) is 277 Å². The Bertz CT molecular complexity index is 1270. The molecule has 1 saturated heterocycles. The van der Waals surface area contributed by atoms with Crippen molar-refractivity contribution < 1.29 is 76.4 Å². The monoisotopic (exact) mass is 1290 g/mol. The quantitative estimate of drug-likeness (QED) is 0.0279. The van der Waals surface area contributed by atoms with Gasteiger partial charge < -0.3 is 57.2 Å². The predicted molar refractivity (Wildman–Crippen MR) is 325 cm³/mol. The molecule has 0 bridgehead atoms. The minimum absolute atomic E-state index is 0.0922. The van der Waals surface area contributed by atoms with Crippen LogP contribution in [0.5, 0.6) is 0 Å². The highest BCUT2D eigenvalue weighted by atomic mass is 35.5. The Morgan fingerprint density at radius 2 is 0.429 bits per heavy atom. The summed E-state index contributed by atoms with van der Waals surface area (Å²) in [6.07, 6.45) is 16.6. The van der Waals surface area contributed by atoms with Crippen molar-refractivity contribution in [3.63, 3.8) is 0 Å². The number of hydrogen-bond acceptors (Lipinski definition) is 24. The Morgan fingerprint density at radius 1 is 0.250 bits per heavy atom. The molecule has 496 valence electrons. The summed E-state index contributed by atoms with van der Waals surface area (Å²) in [7, 11) is 0. The number of hydrogen-bond donors (Lipinski definition) is 4. The van der Waals surface area contributed by atoms with Crippen LogP contribution in [0, 0.1) is 0 Å². The van der Waals surface area contributed by atoms with E-state index in [1.165, 1.54) is 0 Å². The number of alkyl halides is 4. The van der Waals surface area contributed by atoms with E-state index in [0.29, 0.717) is 182 Å². The van der Waals surface area contributed by atoms with Gasteiger partial charge in [-0.2, -0.15) is 21.9 Å². The van der Waals surface area contributed by atoms with Crippen molar-refractivity contribution in [2.75, 3.05) is 234 Å². The zero-order chi connectivity index (χ0) is 60.7. The molecule has 0 aromatic carbocycles. The first-order chi connectivity index (χ1) is 41.3. The summed E-state index contributed by atoms with van der Waals surface area (Å²) >= 11 is 23.0. The van der Waals surface area contributed by atoms with E-state index < -0.39 is 23.9 Å². The van der Waals surface area contributed by atoms with E-state index >= 15 is 0 Å². The number of carbonyl (C=O) groups is 4. The van der Waals surface area contributed by atoms with Crippen molar-refractivity contribution >= 4 is 70.3 Å². The molecule has 1 heterocycles. The maximum atomic E-state index is 13.3. The number of halogens is 4. The van der Waals surface area contributed by atoms with Gasteiger partial charge in [-0.3, -0.25) is 19.6 Å². The van der Waals surface area contributed by atoms with Crippen LogP contribution in [0.25, 0.3) is 0 Å². The number of carbonyl (C=O) groups excluding carboxylic acids is 4. The van der Waals surface area contributed by atoms with Crippen LogP contribution in [0.2, 0.25) is 0 Å². The van der Waals surface area contributed by atoms with Crippen molar-refractivity contribution in [3.05, 3.63) is 0 Å². The number of hydroxylamine groups is 4. The molecule has 28 heteroatoms. The fourth-order valence-electron chi connectivity index (χ4n) is 7.95. The maximum absolute atomic E-state index is 13.3. The minimum Gasteiger partial charge on any atom is -0.379 e. The lowest BCUT2D eigenvalue weighted by atomic mass is 10.2. The van der Waals surface area contributed by atoms with Crippen LogP contribution < -0.4 is 21.9 Å². The van der Waals surface area contributed by atoms with Gasteiger partial charge in [-0.25, -0.2) is 19.2 Å². The highest BCUT2D eigenvalue weighted by molar-refractivity contribution is 6.18. The van der Waals surface area contributed by atoms with Crippen LogP contribution in [0.4, 0.5) is 0 Å². The van der Waals surface area contributed by atoms with E-state index in [4.69, 9.17) is 104 Å². The zero-order valence-electron chi connectivity index (χ0n) is 50.6. The molecule has 0 radical (unpaired) electrons. The highest BCUT2D eigenvalue weighted by Crippen LogP contribution is 2.06. The first-order valence-corrected chi connectivity index (χ1v) is 32.9. The predicted octanol–water partition coefficient (Wildman–Crippen LogP) is 4.73. The lowest BCUT2D eigenvalue weighted by Crippen LogP contribution is -2.50. The van der Waals surface area contributed by atoms with Crippen LogP contribution >= 0.6 is 46.4 Å². The lowest BCUT2D eigenvalue weighted by molar-refractivity contribution is -0.156. The van der Waals surface area contributed by atoms with E-state index in [-0.39, 0.29) is 52.4 Å². The second kappa shape index (κ2) is 64.4. The molecule has 84 heavy (non-hydrogen) atoms. The molecule has 0 amide bonds. The van der Waals surface area contributed by atoms with Gasteiger partial charge in [-0.15, -0.1) is 46.4 Å². The fourth-order valence-corrected chi connectivity index (χ4v) is 8.70. The Hall–Kier alpha value is -1.60. The molecule has 0 aliphatic carbocycles. The van der Waals surface area contributed by atoms with E-state index in [1.54, 1.807) is 0 Å². The van der Waals surface area contributed by atoms with E-state index in [2.05, 4.69) is 21.9 Å². The third kappa shape index (κ3) is 56.9. The number of ether oxygens (including phenoxy) is 8. The normalized spacial score (nSPS) is 14.3. The van der Waals surface area contributed by atoms with Crippen molar-refractivity contribution in [1.82, 2.24) is 41.5 Å². The van der Waals surface area contributed by atoms with Gasteiger partial charge in [-0.1, -0.05) is 51.4 Å². The Kier molecular flexibility index (Phi) is 61.6. The van der Waals surface area contributed by atoms with Gasteiger partial charge in [0.25, 0.3) is 0 Å². The summed E-state index contributed by atoms with van der Waals surface area (Å²) in [6.45, 7) is 10.8. The van der Waals surface area contributed by atoms with Crippen LogP contribution in [0.3, 0.4) is 0 Å². The van der Waals surface area contributed by atoms with Crippen LogP contribution in [0.1, 0.15) is 103 Å². The molecule has 1 rings (SSSR count). The molecule has 0 spiro atoms. The average molecular weight is 1290 g/mol. The summed E-state index contributed by atoms with van der Waals surface area (Å²) < 4.78 is 45.0. The third-order valence-electron chi connectivity index (χ3n) is 12.7. The van der Waals surface area contributed by atoms with Crippen molar-refractivity contribution in [3.8, 4) is 0 Å². The van der Waals surface area contributed by atoms with Gasteiger partial charge >= 0.3 is 23.9 Å². The van der Waals surface area contributed by atoms with Gasteiger partial charge in [0, 0.05) is 102 Å². The van der Waals surface area contributed by atoms with Crippen LogP contribution in [0.15, 0.2) is 0 Å². The standard InChI is InChI=1S/C56H108Cl4N8O16/c57-17-9-1-5-13-33-73-41-45-77-37-21-61-81-53(69)49-65-25-27-66(50-54(70)82-62-22-38-78-46-42-74-34-14-6-2-10-18-58)29-31-68(52-56(72)84-64-24-40-80-48-44-76-36-16-8-4-12-20-60)32-30-67(28-26-65)51-55(71)83-63-23-39-79-47-43-75-35-15-7-3-11-19-59/h61-64H,1-52H2. The SMILES string of the molecule is O=C(CN1CCN(CC(=O)ONCCOCCOCCCCCCCl)CCN(CC(=O)ONCCOCCOCCCCCCCl)CCN(CC(=O)ONCCOCCOCCCCCCCl)CC1)ONCCOCCOCCCCCCCl. The maximum Gasteiger partial charge on any atom is 0.338 e. The second-order valence-corrected chi connectivity index (χ2v) is 21.4. The smallest absolute Gasteiger partial charge is 0.338 e. The molecule has 0 saturated carbocycles. The van der Waals surface area contributed by atoms with Crippen molar-refractivity contribution in [1.29, 1.82) is 0 Å². The second-order valence-electron chi connectivity index (χ2n) is 19.9. The Balaban J connectivity index is 2.93. The summed E-state index contributed by atoms with van der Waals surface area (Å²) in [6, 6.07) is 0. The minimum atomic E-state index is -0.525. The zero-order valence-corrected chi connectivity index (χ0v) is 53.6. The number of nitrogens with one attached hydrogen (secondary N) is 4. The molecule has 0 atom stereocenters. The number of unbranched alkanes of at least 4 members (excludes halogenated alkanes) is 12. The molecule has 1 aliphatic rings. The summed E-state index contributed by atoms with van der Waals surface area (Å²) in [4.78, 5) is 82.2. The van der Waals surface area contributed by atoms with Crippen molar-refractivity contribution in [2.45, 2.75) is 103 Å². The molecule has 1 aliphatic heterocycles. The average Bonchev–Trinajstić information content (AvgIpc) is 3.57. The molecular weight excluding hydrogens is 1180 g/mol. The molecule has 0 unspecified atom stereocenters. The molecular formula is C56H108Cl4N8O16. The van der Waals surface area contributed by atoms with Gasteiger partial charge in [0.15, 0.2) is 0 Å². The van der Waals surface area contributed by atoms with Gasteiger partial charge in [0.05, 0.1) is 132 Å². The molecule has 1 fully saturated rings. The Labute approximate surface area is 522 Å². The number of nitrogens with zero attached hydrogens (tertiary/aromatic N) is 4. The topological polar surface area (TPSA) is 240 Å². The molecule has 24 nitrogen and oxygen atoms in total. The summed E-state index contributed by atoms with van der Waals surface area (Å²) in [5.41, 5.74) is 10.8. The fraction of sp³-hybridized carbons (Fsp3) is 0.929. The largest absolute Gasteiger partial charge is 0.379 e. The summed E-state index contributed by atoms with van der Waals surface area (Å²) in [5.74, 6) is 0.612. The molecule has 4 N–H and O–H groups in total. The van der Waals surface area contributed by atoms with Gasteiger partial charge in [0.2, 0.25) is 0 Å². The lowest BCUT2D eigenvalue weighted by Gasteiger charge is -2.33. The molecule has 0 aromatic rings. The molecule has 0 aromatic heterocycles. The first kappa shape index (κ1) is 80.4. The van der Waals surface area contributed by atoms with E-state index in [0.717, 1.165) is 103 Å². The highest BCUT2D eigenvalue weighted by Gasteiger charge is 2.23. The number of rotatable bonds is 60. The first-order valence-electron chi connectivity index (χ1n) is 30.8. The van der Waals surface area contributed by atoms with Gasteiger partial charge in [0.1, 0.15) is 0 Å². The Morgan fingerprint density at radius 3 is 0.619 bits per heavy atom. The third-order valence-corrected chi connectivity index (χ3v) is 13.7. The van der Waals surface area contributed by atoms with Crippen molar-refractivity contribution in [2.24, 2.45) is 0 Å².